The number of nitrogens with one attached hydrogen (secondary N) is 1. The molecule has 7 nitrogen and oxygen atoms in total. The molecule has 2 aromatic carbocycles. The van der Waals surface area contributed by atoms with Crippen LogP contribution in [0.2, 0.25) is 0 Å². The van der Waals surface area contributed by atoms with E-state index in [1.165, 1.54) is 11.1 Å². The van der Waals surface area contributed by atoms with Crippen molar-refractivity contribution in [3.05, 3.63) is 76.7 Å². The summed E-state index contributed by atoms with van der Waals surface area (Å²) in [7, 11) is 0. The first-order valence-electron chi connectivity index (χ1n) is 13.0. The lowest BCUT2D eigenvalue weighted by molar-refractivity contribution is -0.121. The number of carbonyl (C=O) groups excluding carboxylic acids is 1. The number of para-hydroxylation sites is 1. The first-order valence-corrected chi connectivity index (χ1v) is 13.0. The van der Waals surface area contributed by atoms with E-state index in [4.69, 9.17) is 0 Å². The number of fused-ring (bicyclic) bond motifs is 3. The second-order valence-electron chi connectivity index (χ2n) is 10.4. The first kappa shape index (κ1) is 24.3. The van der Waals surface area contributed by atoms with Gasteiger partial charge in [0.15, 0.2) is 0 Å². The van der Waals surface area contributed by atoms with Crippen LogP contribution in [0.15, 0.2) is 65.6 Å². The topological polar surface area (TPSA) is 72.2 Å². The van der Waals surface area contributed by atoms with Crippen LogP contribution in [0.25, 0.3) is 21.8 Å². The van der Waals surface area contributed by atoms with Gasteiger partial charge >= 0.3 is 0 Å². The number of nitrogens with zero attached hydrogens (tertiary/aromatic N) is 4. The molecule has 0 aliphatic carbocycles. The summed E-state index contributed by atoms with van der Waals surface area (Å²) in [6.45, 7) is 8.96. The minimum absolute atomic E-state index is 0.0839. The monoisotopic (exact) mass is 485 g/mol. The van der Waals surface area contributed by atoms with Crippen molar-refractivity contribution in [3.8, 4) is 0 Å². The first-order chi connectivity index (χ1) is 17.5. The summed E-state index contributed by atoms with van der Waals surface area (Å²) in [5.41, 5.74) is 2.43. The van der Waals surface area contributed by atoms with Crippen molar-refractivity contribution in [1.29, 1.82) is 0 Å². The van der Waals surface area contributed by atoms with Crippen molar-refractivity contribution < 1.29 is 4.79 Å². The smallest absolute Gasteiger partial charge is 0.291 e. The van der Waals surface area contributed by atoms with Gasteiger partial charge in [-0.2, -0.15) is 5.10 Å². The van der Waals surface area contributed by atoms with Gasteiger partial charge in [-0.15, -0.1) is 0 Å². The molecule has 0 spiro atoms. The van der Waals surface area contributed by atoms with Crippen LogP contribution < -0.4 is 10.9 Å². The standard InChI is InChI=1S/C29H35N5O2/c1-21-15-22(2)18-32(17-21)14-8-13-30-27(35)20-34-29(36)28-25(16-31-34)24-11-6-7-12-26(24)33(28)19-23-9-4-3-5-10-23/h3-7,9-12,16,21-22H,8,13-15,17-20H2,1-2H3,(H,30,35)/t21-,22+. The molecule has 1 fully saturated rings. The number of hydrogen-bond acceptors (Lipinski definition) is 4. The number of amides is 1. The molecule has 0 saturated carbocycles. The van der Waals surface area contributed by atoms with Crippen LogP contribution >= 0.6 is 0 Å². The fourth-order valence-corrected chi connectivity index (χ4v) is 5.73. The number of rotatable bonds is 8. The Kier molecular flexibility index (Phi) is 7.18. The molecule has 5 rings (SSSR count). The predicted octanol–water partition coefficient (Wildman–Crippen LogP) is 3.88. The maximum absolute atomic E-state index is 13.5. The van der Waals surface area contributed by atoms with E-state index in [9.17, 15) is 9.59 Å². The van der Waals surface area contributed by atoms with E-state index in [0.717, 1.165) is 59.7 Å². The average Bonchev–Trinajstić information content (AvgIpc) is 3.18. The maximum Gasteiger partial charge on any atom is 0.291 e. The van der Waals surface area contributed by atoms with Gasteiger partial charge < -0.3 is 14.8 Å². The summed E-state index contributed by atoms with van der Waals surface area (Å²) in [5.74, 6) is 1.28. The summed E-state index contributed by atoms with van der Waals surface area (Å²) in [5, 5.41) is 9.14. The summed E-state index contributed by atoms with van der Waals surface area (Å²) < 4.78 is 3.32. The molecular weight excluding hydrogens is 450 g/mol. The molecule has 1 aliphatic rings. The molecule has 1 saturated heterocycles. The number of piperidine rings is 1. The third kappa shape index (κ3) is 5.21. The van der Waals surface area contributed by atoms with Crippen LogP contribution in [-0.4, -0.2) is 51.3 Å². The van der Waals surface area contributed by atoms with Gasteiger partial charge in [0.25, 0.3) is 5.56 Å². The van der Waals surface area contributed by atoms with Gasteiger partial charge in [0.05, 0.1) is 6.20 Å². The molecule has 0 radical (unpaired) electrons. The molecule has 188 valence electrons. The largest absolute Gasteiger partial charge is 0.354 e. The zero-order valence-electron chi connectivity index (χ0n) is 21.2. The Hall–Kier alpha value is -3.45. The van der Waals surface area contributed by atoms with Gasteiger partial charge in [0.2, 0.25) is 5.91 Å². The molecule has 1 aliphatic heterocycles. The van der Waals surface area contributed by atoms with Gasteiger partial charge in [0.1, 0.15) is 12.1 Å². The third-order valence-corrected chi connectivity index (χ3v) is 7.17. The SMILES string of the molecule is C[C@@H]1C[C@H](C)CN(CCCNC(=O)Cn2ncc3c4ccccc4n(Cc4ccccc4)c3c2=O)C1. The van der Waals surface area contributed by atoms with Crippen molar-refractivity contribution in [2.24, 2.45) is 11.8 Å². The molecule has 0 bridgehead atoms. The number of carbonyl (C=O) groups is 1. The zero-order chi connectivity index (χ0) is 25.1. The zero-order valence-corrected chi connectivity index (χ0v) is 21.2. The Morgan fingerprint density at radius 3 is 2.50 bits per heavy atom. The van der Waals surface area contributed by atoms with Gasteiger partial charge in [-0.25, -0.2) is 4.68 Å². The fraction of sp³-hybridized carbons (Fsp3) is 0.414. The highest BCUT2D eigenvalue weighted by molar-refractivity contribution is 6.07. The lowest BCUT2D eigenvalue weighted by Crippen LogP contribution is -2.40. The minimum atomic E-state index is -0.244. The molecule has 36 heavy (non-hydrogen) atoms. The average molecular weight is 486 g/mol. The van der Waals surface area contributed by atoms with E-state index in [2.05, 4.69) is 41.3 Å². The molecule has 1 N–H and O–H groups in total. The van der Waals surface area contributed by atoms with E-state index in [-0.39, 0.29) is 18.0 Å². The van der Waals surface area contributed by atoms with Gasteiger partial charge in [-0.05, 0) is 42.9 Å². The van der Waals surface area contributed by atoms with Crippen LogP contribution in [0.5, 0.6) is 0 Å². The van der Waals surface area contributed by atoms with Gasteiger partial charge in [-0.1, -0.05) is 62.4 Å². The van der Waals surface area contributed by atoms with Gasteiger partial charge in [0, 0.05) is 42.5 Å². The molecule has 7 heteroatoms. The molecule has 2 aromatic heterocycles. The number of aromatic nitrogens is 3. The van der Waals surface area contributed by atoms with Crippen molar-refractivity contribution >= 4 is 27.7 Å². The third-order valence-electron chi connectivity index (χ3n) is 7.17. The predicted molar refractivity (Wildman–Crippen MR) is 144 cm³/mol. The molecule has 2 atom stereocenters. The van der Waals surface area contributed by atoms with Crippen molar-refractivity contribution in [2.45, 2.75) is 39.8 Å². The Morgan fingerprint density at radius 1 is 1.00 bits per heavy atom. The Morgan fingerprint density at radius 2 is 1.72 bits per heavy atom. The summed E-state index contributed by atoms with van der Waals surface area (Å²) in [6.07, 6.45) is 3.91. The summed E-state index contributed by atoms with van der Waals surface area (Å²) in [4.78, 5) is 28.7. The summed E-state index contributed by atoms with van der Waals surface area (Å²) >= 11 is 0. The van der Waals surface area contributed by atoms with E-state index in [0.29, 0.717) is 18.6 Å². The molecule has 0 unspecified atom stereocenters. The summed E-state index contributed by atoms with van der Waals surface area (Å²) in [6, 6.07) is 18.1. The minimum Gasteiger partial charge on any atom is -0.354 e. The van der Waals surface area contributed by atoms with Crippen LogP contribution in [-0.2, 0) is 17.9 Å². The van der Waals surface area contributed by atoms with E-state index in [1.807, 2.05) is 47.0 Å². The van der Waals surface area contributed by atoms with Crippen molar-refractivity contribution in [3.63, 3.8) is 0 Å². The van der Waals surface area contributed by atoms with Crippen LogP contribution in [0.3, 0.4) is 0 Å². The number of benzene rings is 2. The lowest BCUT2D eigenvalue weighted by atomic mass is 9.92. The quantitative estimate of drug-likeness (QED) is 0.385. The normalized spacial score (nSPS) is 18.6. The number of hydrogen-bond donors (Lipinski definition) is 1. The maximum atomic E-state index is 13.5. The van der Waals surface area contributed by atoms with E-state index >= 15 is 0 Å². The van der Waals surface area contributed by atoms with Crippen molar-refractivity contribution in [2.75, 3.05) is 26.2 Å². The van der Waals surface area contributed by atoms with Crippen molar-refractivity contribution in [1.82, 2.24) is 24.6 Å². The lowest BCUT2D eigenvalue weighted by Gasteiger charge is -2.34. The highest BCUT2D eigenvalue weighted by atomic mass is 16.2. The highest BCUT2D eigenvalue weighted by Crippen LogP contribution is 2.27. The molecular formula is C29H35N5O2. The molecule has 1 amide bonds. The fourth-order valence-electron chi connectivity index (χ4n) is 5.73. The van der Waals surface area contributed by atoms with E-state index < -0.39 is 0 Å². The Bertz CT molecular complexity index is 1400. The highest BCUT2D eigenvalue weighted by Gasteiger charge is 2.21. The molecule has 3 heterocycles. The number of likely N-dealkylation sites (tertiary alicyclic amines) is 1. The van der Waals surface area contributed by atoms with Crippen LogP contribution in [0.1, 0.15) is 32.3 Å². The molecule has 4 aromatic rings. The van der Waals surface area contributed by atoms with Crippen LogP contribution in [0.4, 0.5) is 0 Å². The Balaban J connectivity index is 1.30. The van der Waals surface area contributed by atoms with Crippen LogP contribution in [0, 0.1) is 11.8 Å². The second kappa shape index (κ2) is 10.7. The Labute approximate surface area is 211 Å². The van der Waals surface area contributed by atoms with Gasteiger partial charge in [-0.3, -0.25) is 9.59 Å². The second-order valence-corrected chi connectivity index (χ2v) is 10.4. The van der Waals surface area contributed by atoms with E-state index in [1.54, 1.807) is 6.20 Å².